The Hall–Kier alpha value is -1.51. The van der Waals surface area contributed by atoms with Gasteiger partial charge in [-0.25, -0.2) is 10.2 Å². The van der Waals surface area contributed by atoms with Crippen molar-refractivity contribution in [3.63, 3.8) is 0 Å². The number of carbonyl (C=O) groups excluding carboxylic acids is 1. The molecule has 0 radical (unpaired) electrons. The minimum Gasteiger partial charge on any atom is -0.504 e. The first kappa shape index (κ1) is 13.6. The summed E-state index contributed by atoms with van der Waals surface area (Å²) < 4.78 is 5.89. The number of hydrogen-bond donors (Lipinski definition) is 3. The topological polar surface area (TPSA) is 96.9 Å². The van der Waals surface area contributed by atoms with E-state index in [1.807, 2.05) is 29.5 Å². The Morgan fingerprint density at radius 1 is 1.71 bits per heavy atom. The van der Waals surface area contributed by atoms with Crippen LogP contribution in [-0.4, -0.2) is 24.0 Å². The Labute approximate surface area is 112 Å². The zero-order valence-corrected chi connectivity index (χ0v) is 11.3. The van der Waals surface area contributed by atoms with E-state index in [0.717, 1.165) is 0 Å². The van der Waals surface area contributed by atoms with Crippen molar-refractivity contribution in [2.75, 3.05) is 6.61 Å². The number of nitrogens with two attached hydrogens (primary N) is 1. The fourth-order valence-electron chi connectivity index (χ4n) is 1.10. The molecule has 0 saturated carbocycles. The predicted molar refractivity (Wildman–Crippen MR) is 72.3 cm³/mol. The number of phenolic OH excluding ortho intramolecular Hbond substituents is 1. The van der Waals surface area contributed by atoms with Gasteiger partial charge in [-0.1, -0.05) is 0 Å². The molecule has 0 aliphatic carbocycles. The Bertz CT molecular complexity index is 449. The zero-order valence-electron chi connectivity index (χ0n) is 9.11. The lowest BCUT2D eigenvalue weighted by Gasteiger charge is -2.08. The lowest BCUT2D eigenvalue weighted by atomic mass is 10.2. The maximum Gasteiger partial charge on any atom is 0.332 e. The first-order valence-electron chi connectivity index (χ1n) is 4.78. The summed E-state index contributed by atoms with van der Waals surface area (Å²) >= 11 is 1.98. The average molecular weight is 349 g/mol. The number of urea groups is 1. The molecule has 92 valence electrons. The zero-order chi connectivity index (χ0) is 12.8. The number of benzene rings is 1. The molecule has 0 aliphatic heterocycles. The van der Waals surface area contributed by atoms with Gasteiger partial charge in [0.25, 0.3) is 0 Å². The lowest BCUT2D eigenvalue weighted by molar-refractivity contribution is 0.249. The van der Waals surface area contributed by atoms with Crippen molar-refractivity contribution < 1.29 is 14.6 Å². The number of aromatic hydroxyl groups is 1. The van der Waals surface area contributed by atoms with E-state index in [9.17, 15) is 9.90 Å². The maximum atomic E-state index is 10.4. The highest BCUT2D eigenvalue weighted by atomic mass is 127. The number of ether oxygens (including phenoxy) is 1. The molecule has 0 unspecified atom stereocenters. The van der Waals surface area contributed by atoms with E-state index in [1.165, 1.54) is 6.21 Å². The normalized spacial score (nSPS) is 10.5. The molecule has 1 aromatic rings. The number of primary amides is 1. The predicted octanol–water partition coefficient (Wildman–Crippen LogP) is 1.40. The maximum absolute atomic E-state index is 10.4. The van der Waals surface area contributed by atoms with Crippen molar-refractivity contribution >= 4 is 34.8 Å². The summed E-state index contributed by atoms with van der Waals surface area (Å²) in [5, 5.41) is 13.3. The van der Waals surface area contributed by atoms with Gasteiger partial charge in [0.15, 0.2) is 11.5 Å². The molecule has 0 aliphatic rings. The summed E-state index contributed by atoms with van der Waals surface area (Å²) in [4.78, 5) is 10.4. The van der Waals surface area contributed by atoms with Crippen molar-refractivity contribution in [3.05, 3.63) is 21.3 Å². The van der Waals surface area contributed by atoms with E-state index in [2.05, 4.69) is 10.5 Å². The molecule has 7 heteroatoms. The highest BCUT2D eigenvalue weighted by molar-refractivity contribution is 14.1. The number of nitrogens with one attached hydrogen (secondary N) is 1. The van der Waals surface area contributed by atoms with Gasteiger partial charge in [-0.15, -0.1) is 0 Å². The van der Waals surface area contributed by atoms with Crippen molar-refractivity contribution in [3.8, 4) is 11.5 Å². The monoisotopic (exact) mass is 349 g/mol. The van der Waals surface area contributed by atoms with Crippen LogP contribution in [0.5, 0.6) is 11.5 Å². The van der Waals surface area contributed by atoms with Crippen LogP contribution >= 0.6 is 22.6 Å². The molecule has 17 heavy (non-hydrogen) atoms. The van der Waals surface area contributed by atoms with Crippen LogP contribution in [0.4, 0.5) is 4.79 Å². The summed E-state index contributed by atoms with van der Waals surface area (Å²) in [6.45, 7) is 2.27. The summed E-state index contributed by atoms with van der Waals surface area (Å²) in [6.07, 6.45) is 1.41. The number of carbonyl (C=O) groups is 1. The quantitative estimate of drug-likeness (QED) is 0.435. The van der Waals surface area contributed by atoms with Crippen molar-refractivity contribution in [2.45, 2.75) is 6.92 Å². The second kappa shape index (κ2) is 6.28. The molecule has 0 spiro atoms. The fraction of sp³-hybridized carbons (Fsp3) is 0.200. The number of hydrogen-bond acceptors (Lipinski definition) is 4. The van der Waals surface area contributed by atoms with Gasteiger partial charge in [0, 0.05) is 0 Å². The summed E-state index contributed by atoms with van der Waals surface area (Å²) in [7, 11) is 0. The molecular formula is C10H12IN3O3. The lowest BCUT2D eigenvalue weighted by Crippen LogP contribution is -2.24. The third-order valence-corrected chi connectivity index (χ3v) is 2.56. The highest BCUT2D eigenvalue weighted by Gasteiger charge is 2.08. The summed E-state index contributed by atoms with van der Waals surface area (Å²) in [5.41, 5.74) is 7.62. The van der Waals surface area contributed by atoms with Crippen LogP contribution in [0.25, 0.3) is 0 Å². The smallest absolute Gasteiger partial charge is 0.332 e. The van der Waals surface area contributed by atoms with Crippen molar-refractivity contribution in [2.24, 2.45) is 10.8 Å². The molecule has 2 amide bonds. The number of rotatable bonds is 4. The van der Waals surface area contributed by atoms with Gasteiger partial charge in [0.05, 0.1) is 16.4 Å². The minimum absolute atomic E-state index is 0.0902. The Morgan fingerprint density at radius 2 is 2.41 bits per heavy atom. The van der Waals surface area contributed by atoms with Crippen LogP contribution in [-0.2, 0) is 0 Å². The molecule has 4 N–H and O–H groups in total. The molecule has 0 saturated heterocycles. The second-order valence-corrected chi connectivity index (χ2v) is 4.18. The van der Waals surface area contributed by atoms with Gasteiger partial charge in [-0.05, 0) is 47.2 Å². The van der Waals surface area contributed by atoms with Crippen LogP contribution in [0.2, 0.25) is 0 Å². The summed E-state index contributed by atoms with van der Waals surface area (Å²) in [5.74, 6) is 0.465. The number of nitrogens with zero attached hydrogens (tertiary/aromatic N) is 1. The SMILES string of the molecule is CCOc1cc(C=NNC(N)=O)cc(I)c1O. The van der Waals surface area contributed by atoms with Crippen LogP contribution < -0.4 is 15.9 Å². The molecule has 1 rings (SSSR count). The van der Waals surface area contributed by atoms with Crippen LogP contribution in [0, 0.1) is 3.57 Å². The summed E-state index contributed by atoms with van der Waals surface area (Å²) in [6, 6.07) is 2.58. The van der Waals surface area contributed by atoms with E-state index in [4.69, 9.17) is 10.5 Å². The van der Waals surface area contributed by atoms with E-state index in [1.54, 1.807) is 12.1 Å². The molecule has 6 nitrogen and oxygen atoms in total. The molecular weight excluding hydrogens is 337 g/mol. The van der Waals surface area contributed by atoms with Gasteiger partial charge in [-0.2, -0.15) is 5.10 Å². The second-order valence-electron chi connectivity index (χ2n) is 3.02. The third kappa shape index (κ3) is 4.10. The van der Waals surface area contributed by atoms with E-state index >= 15 is 0 Å². The Kier molecular flexibility index (Phi) is 5.01. The van der Waals surface area contributed by atoms with Crippen LogP contribution in [0.15, 0.2) is 17.2 Å². The van der Waals surface area contributed by atoms with Gasteiger partial charge in [-0.3, -0.25) is 0 Å². The van der Waals surface area contributed by atoms with Gasteiger partial charge in [0.1, 0.15) is 0 Å². The number of phenols is 1. The molecule has 0 bridgehead atoms. The minimum atomic E-state index is -0.736. The first-order chi connectivity index (χ1) is 8.04. The van der Waals surface area contributed by atoms with Gasteiger partial charge in [0.2, 0.25) is 0 Å². The van der Waals surface area contributed by atoms with Crippen LogP contribution in [0.3, 0.4) is 0 Å². The molecule has 1 aromatic carbocycles. The Morgan fingerprint density at radius 3 is 3.00 bits per heavy atom. The highest BCUT2D eigenvalue weighted by Crippen LogP contribution is 2.32. The van der Waals surface area contributed by atoms with E-state index in [0.29, 0.717) is 21.5 Å². The van der Waals surface area contributed by atoms with Gasteiger partial charge >= 0.3 is 6.03 Å². The third-order valence-electron chi connectivity index (χ3n) is 1.74. The van der Waals surface area contributed by atoms with Crippen LogP contribution in [0.1, 0.15) is 12.5 Å². The van der Waals surface area contributed by atoms with Gasteiger partial charge < -0.3 is 15.6 Å². The molecule has 0 fully saturated rings. The average Bonchev–Trinajstić information content (AvgIpc) is 2.25. The molecule has 0 atom stereocenters. The van der Waals surface area contributed by atoms with E-state index < -0.39 is 6.03 Å². The standard InChI is InChI=1S/C10H12IN3O3/c1-2-17-8-4-6(3-7(11)9(8)15)5-13-14-10(12)16/h3-5,15H,2H2,1H3,(H3,12,14,16). The number of halogens is 1. The molecule has 0 heterocycles. The van der Waals surface area contributed by atoms with Crippen molar-refractivity contribution in [1.82, 2.24) is 5.43 Å². The number of amides is 2. The largest absolute Gasteiger partial charge is 0.504 e. The first-order valence-corrected chi connectivity index (χ1v) is 5.86. The fourth-order valence-corrected chi connectivity index (χ4v) is 1.73. The van der Waals surface area contributed by atoms with Crippen molar-refractivity contribution in [1.29, 1.82) is 0 Å². The molecule has 0 aromatic heterocycles. The number of hydrazone groups is 1. The van der Waals surface area contributed by atoms with E-state index in [-0.39, 0.29) is 5.75 Å². The Balaban J connectivity index is 2.93.